The minimum Gasteiger partial charge on any atom is -0.354 e. The molecule has 2 rings (SSSR count). The molecule has 0 atom stereocenters. The molecule has 0 aromatic heterocycles. The first kappa shape index (κ1) is 15.9. The fourth-order valence-electron chi connectivity index (χ4n) is 1.75. The highest BCUT2D eigenvalue weighted by Gasteiger charge is 2.28. The first-order valence-electron chi connectivity index (χ1n) is 6.75. The summed E-state index contributed by atoms with van der Waals surface area (Å²) in [5, 5.41) is 6.43. The molecule has 0 spiro atoms. The molecule has 1 aliphatic rings. The summed E-state index contributed by atoms with van der Waals surface area (Å²) in [6.07, 6.45) is 4.89. The number of hydrogen-bond donors (Lipinski definition) is 2. The van der Waals surface area contributed by atoms with Crippen molar-refractivity contribution in [2.75, 3.05) is 13.1 Å². The Morgan fingerprint density at radius 2 is 1.76 bits per heavy atom. The quantitative estimate of drug-likeness (QED) is 0.623. The monoisotopic (exact) mass is 326 g/mol. The summed E-state index contributed by atoms with van der Waals surface area (Å²) in [4.78, 5) is 23.0. The number of rotatable bonds is 6. The average Bonchev–Trinajstić information content (AvgIpc) is 3.27. The standard InChI is InChI=1S/C15H16Cl2N2O2/c16-12-2-1-3-13(17)11(12)6-7-14(20)18-8-9-19-15(21)10-4-5-10/h1-3,6-7,10H,4-5,8-9H2,(H,18,20)(H,19,21). The van der Waals surface area contributed by atoms with Crippen molar-refractivity contribution in [1.82, 2.24) is 10.6 Å². The molecule has 0 heterocycles. The molecule has 4 nitrogen and oxygen atoms in total. The van der Waals surface area contributed by atoms with Crippen LogP contribution in [0.25, 0.3) is 6.08 Å². The highest BCUT2D eigenvalue weighted by atomic mass is 35.5. The van der Waals surface area contributed by atoms with Crippen molar-refractivity contribution >= 4 is 41.1 Å². The van der Waals surface area contributed by atoms with E-state index in [4.69, 9.17) is 23.2 Å². The molecule has 1 saturated carbocycles. The second-order valence-electron chi connectivity index (χ2n) is 4.82. The Labute approximate surface area is 133 Å². The van der Waals surface area contributed by atoms with E-state index in [1.165, 1.54) is 6.08 Å². The predicted molar refractivity (Wildman–Crippen MR) is 84.2 cm³/mol. The molecule has 1 aromatic rings. The molecule has 21 heavy (non-hydrogen) atoms. The van der Waals surface area contributed by atoms with Gasteiger partial charge in [0.15, 0.2) is 0 Å². The molecular weight excluding hydrogens is 311 g/mol. The highest BCUT2D eigenvalue weighted by Crippen LogP contribution is 2.28. The van der Waals surface area contributed by atoms with Gasteiger partial charge < -0.3 is 10.6 Å². The maximum atomic E-state index is 11.6. The van der Waals surface area contributed by atoms with Crippen molar-refractivity contribution in [3.05, 3.63) is 39.9 Å². The van der Waals surface area contributed by atoms with Gasteiger partial charge in [-0.3, -0.25) is 9.59 Å². The third-order valence-electron chi connectivity index (χ3n) is 3.07. The molecule has 1 fully saturated rings. The van der Waals surface area contributed by atoms with Crippen molar-refractivity contribution in [1.29, 1.82) is 0 Å². The van der Waals surface area contributed by atoms with Crippen LogP contribution < -0.4 is 10.6 Å². The molecule has 0 radical (unpaired) electrons. The van der Waals surface area contributed by atoms with E-state index in [0.29, 0.717) is 28.7 Å². The Morgan fingerprint density at radius 3 is 2.38 bits per heavy atom. The van der Waals surface area contributed by atoms with E-state index in [1.54, 1.807) is 24.3 Å². The Hall–Kier alpha value is -1.52. The van der Waals surface area contributed by atoms with Gasteiger partial charge in [-0.15, -0.1) is 0 Å². The Bertz CT molecular complexity index is 549. The van der Waals surface area contributed by atoms with Gasteiger partial charge in [0.05, 0.1) is 0 Å². The number of carbonyl (C=O) groups is 2. The zero-order valence-electron chi connectivity index (χ0n) is 11.4. The maximum absolute atomic E-state index is 11.6. The lowest BCUT2D eigenvalue weighted by atomic mass is 10.2. The topological polar surface area (TPSA) is 58.2 Å². The number of hydrogen-bond acceptors (Lipinski definition) is 2. The number of halogens is 2. The van der Waals surface area contributed by atoms with Crippen LogP contribution in [0.2, 0.25) is 10.0 Å². The van der Waals surface area contributed by atoms with Gasteiger partial charge in [0, 0.05) is 40.7 Å². The van der Waals surface area contributed by atoms with E-state index < -0.39 is 0 Å². The van der Waals surface area contributed by atoms with Crippen molar-refractivity contribution < 1.29 is 9.59 Å². The lowest BCUT2D eigenvalue weighted by Crippen LogP contribution is -2.34. The van der Waals surface area contributed by atoms with Gasteiger partial charge >= 0.3 is 0 Å². The third kappa shape index (κ3) is 5.06. The van der Waals surface area contributed by atoms with Gasteiger partial charge in [-0.05, 0) is 31.1 Å². The fourth-order valence-corrected chi connectivity index (χ4v) is 2.27. The van der Waals surface area contributed by atoms with Crippen molar-refractivity contribution in [3.8, 4) is 0 Å². The molecule has 2 N–H and O–H groups in total. The number of carbonyl (C=O) groups excluding carboxylic acids is 2. The molecule has 2 amide bonds. The molecule has 0 unspecified atom stereocenters. The normalized spacial score (nSPS) is 14.2. The molecule has 112 valence electrons. The summed E-state index contributed by atoms with van der Waals surface area (Å²) in [5.41, 5.74) is 0.609. The van der Waals surface area contributed by atoms with E-state index in [1.807, 2.05) is 0 Å². The molecular formula is C15H16Cl2N2O2. The largest absolute Gasteiger partial charge is 0.354 e. The van der Waals surface area contributed by atoms with E-state index in [-0.39, 0.29) is 17.7 Å². The number of amides is 2. The third-order valence-corrected chi connectivity index (χ3v) is 3.73. The van der Waals surface area contributed by atoms with Crippen LogP contribution in [0.3, 0.4) is 0 Å². The summed E-state index contributed by atoms with van der Waals surface area (Å²) >= 11 is 12.0. The molecule has 0 aliphatic heterocycles. The Balaban J connectivity index is 1.73. The van der Waals surface area contributed by atoms with Gasteiger partial charge in [-0.2, -0.15) is 0 Å². The lowest BCUT2D eigenvalue weighted by molar-refractivity contribution is -0.122. The van der Waals surface area contributed by atoms with Crippen LogP contribution in [0, 0.1) is 5.92 Å². The fraction of sp³-hybridized carbons (Fsp3) is 0.333. The molecule has 0 saturated heterocycles. The predicted octanol–water partition coefficient (Wildman–Crippen LogP) is 2.65. The van der Waals surface area contributed by atoms with Gasteiger partial charge in [-0.1, -0.05) is 29.3 Å². The minimum absolute atomic E-state index is 0.0719. The number of benzene rings is 1. The lowest BCUT2D eigenvalue weighted by Gasteiger charge is -2.05. The average molecular weight is 327 g/mol. The summed E-state index contributed by atoms with van der Waals surface area (Å²) in [6.45, 7) is 0.819. The van der Waals surface area contributed by atoms with E-state index in [2.05, 4.69) is 10.6 Å². The first-order chi connectivity index (χ1) is 10.1. The summed E-state index contributed by atoms with van der Waals surface area (Å²) in [5.74, 6) is -0.00254. The van der Waals surface area contributed by atoms with Crippen LogP contribution in [-0.2, 0) is 9.59 Å². The van der Waals surface area contributed by atoms with Crippen molar-refractivity contribution in [2.45, 2.75) is 12.8 Å². The second kappa shape index (κ2) is 7.48. The molecule has 0 bridgehead atoms. The van der Waals surface area contributed by atoms with Crippen LogP contribution in [0.15, 0.2) is 24.3 Å². The highest BCUT2D eigenvalue weighted by molar-refractivity contribution is 6.37. The summed E-state index contributed by atoms with van der Waals surface area (Å²) in [6, 6.07) is 5.15. The van der Waals surface area contributed by atoms with Gasteiger partial charge in [0.2, 0.25) is 11.8 Å². The van der Waals surface area contributed by atoms with E-state index in [9.17, 15) is 9.59 Å². The van der Waals surface area contributed by atoms with Crippen molar-refractivity contribution in [3.63, 3.8) is 0 Å². The van der Waals surface area contributed by atoms with E-state index in [0.717, 1.165) is 12.8 Å². The van der Waals surface area contributed by atoms with Crippen LogP contribution in [0.4, 0.5) is 0 Å². The zero-order chi connectivity index (χ0) is 15.2. The van der Waals surface area contributed by atoms with Gasteiger partial charge in [-0.25, -0.2) is 0 Å². The Kier molecular flexibility index (Phi) is 5.65. The maximum Gasteiger partial charge on any atom is 0.244 e. The second-order valence-corrected chi connectivity index (χ2v) is 5.64. The van der Waals surface area contributed by atoms with Gasteiger partial charge in [0.1, 0.15) is 0 Å². The molecule has 1 aliphatic carbocycles. The minimum atomic E-state index is -0.258. The Morgan fingerprint density at radius 1 is 1.14 bits per heavy atom. The molecule has 6 heteroatoms. The van der Waals surface area contributed by atoms with Crippen LogP contribution in [-0.4, -0.2) is 24.9 Å². The smallest absolute Gasteiger partial charge is 0.244 e. The first-order valence-corrected chi connectivity index (χ1v) is 7.51. The summed E-state index contributed by atoms with van der Waals surface area (Å²) < 4.78 is 0. The van der Waals surface area contributed by atoms with Crippen LogP contribution >= 0.6 is 23.2 Å². The van der Waals surface area contributed by atoms with Gasteiger partial charge in [0.25, 0.3) is 0 Å². The number of nitrogens with one attached hydrogen (secondary N) is 2. The molecule has 1 aromatic carbocycles. The van der Waals surface area contributed by atoms with Crippen LogP contribution in [0.5, 0.6) is 0 Å². The summed E-state index contributed by atoms with van der Waals surface area (Å²) in [7, 11) is 0. The zero-order valence-corrected chi connectivity index (χ0v) is 12.9. The van der Waals surface area contributed by atoms with E-state index >= 15 is 0 Å². The SMILES string of the molecule is O=C(C=Cc1c(Cl)cccc1Cl)NCCNC(=O)C1CC1. The van der Waals surface area contributed by atoms with Crippen molar-refractivity contribution in [2.24, 2.45) is 5.92 Å². The van der Waals surface area contributed by atoms with Crippen LogP contribution in [0.1, 0.15) is 18.4 Å².